The summed E-state index contributed by atoms with van der Waals surface area (Å²) < 4.78 is 45.4. The molecule has 6 nitrogen and oxygen atoms in total. The van der Waals surface area contributed by atoms with Gasteiger partial charge in [0.1, 0.15) is 11.6 Å². The van der Waals surface area contributed by atoms with Gasteiger partial charge in [-0.15, -0.1) is 0 Å². The van der Waals surface area contributed by atoms with Crippen LogP contribution in [0.4, 0.5) is 4.39 Å². The van der Waals surface area contributed by atoms with Gasteiger partial charge in [0.2, 0.25) is 5.91 Å². The van der Waals surface area contributed by atoms with Crippen molar-refractivity contribution >= 4 is 37.3 Å². The lowest BCUT2D eigenvalue weighted by atomic mass is 10.3. The SMILES string of the molecule is COc1ccc(S(=O)(=O)CCC(=O)N=c2sc3cc(F)ccc3n2C)cc1. The van der Waals surface area contributed by atoms with E-state index >= 15 is 0 Å². The predicted molar refractivity (Wildman–Crippen MR) is 101 cm³/mol. The second-order valence-electron chi connectivity index (χ2n) is 5.81. The van der Waals surface area contributed by atoms with Crippen LogP contribution in [0.1, 0.15) is 6.42 Å². The van der Waals surface area contributed by atoms with E-state index in [9.17, 15) is 17.6 Å². The lowest BCUT2D eigenvalue weighted by molar-refractivity contribution is -0.117. The number of fused-ring (bicyclic) bond motifs is 1. The van der Waals surface area contributed by atoms with Gasteiger partial charge in [-0.25, -0.2) is 12.8 Å². The second kappa shape index (κ2) is 7.61. The van der Waals surface area contributed by atoms with Crippen molar-refractivity contribution in [2.24, 2.45) is 12.0 Å². The monoisotopic (exact) mass is 408 g/mol. The zero-order chi connectivity index (χ0) is 19.6. The number of carbonyl (C=O) groups is 1. The molecule has 142 valence electrons. The molecule has 9 heteroatoms. The van der Waals surface area contributed by atoms with Crippen LogP contribution >= 0.6 is 11.3 Å². The van der Waals surface area contributed by atoms with Gasteiger partial charge in [-0.1, -0.05) is 11.3 Å². The van der Waals surface area contributed by atoms with Gasteiger partial charge >= 0.3 is 0 Å². The van der Waals surface area contributed by atoms with E-state index in [0.717, 1.165) is 5.52 Å². The fraction of sp³-hybridized carbons (Fsp3) is 0.222. The first kappa shape index (κ1) is 19.2. The van der Waals surface area contributed by atoms with Gasteiger partial charge in [-0.05, 0) is 42.5 Å². The van der Waals surface area contributed by atoms with Crippen LogP contribution in [-0.4, -0.2) is 31.8 Å². The number of rotatable bonds is 5. The van der Waals surface area contributed by atoms with Gasteiger partial charge in [0.15, 0.2) is 14.6 Å². The van der Waals surface area contributed by atoms with Gasteiger partial charge in [0.25, 0.3) is 0 Å². The van der Waals surface area contributed by atoms with Crippen LogP contribution in [0.3, 0.4) is 0 Å². The quantitative estimate of drug-likeness (QED) is 0.650. The Hall–Kier alpha value is -2.52. The number of carbonyl (C=O) groups excluding carboxylic acids is 1. The van der Waals surface area contributed by atoms with E-state index in [4.69, 9.17) is 4.74 Å². The molecule has 0 bridgehead atoms. The number of halogens is 1. The number of benzene rings is 2. The van der Waals surface area contributed by atoms with Crippen molar-refractivity contribution < 1.29 is 22.3 Å². The molecule has 0 fully saturated rings. The van der Waals surface area contributed by atoms with Crippen molar-refractivity contribution in [3.63, 3.8) is 0 Å². The topological polar surface area (TPSA) is 77.7 Å². The summed E-state index contributed by atoms with van der Waals surface area (Å²) in [5, 5.41) is 0. The van der Waals surface area contributed by atoms with E-state index in [1.165, 1.54) is 42.7 Å². The smallest absolute Gasteiger partial charge is 0.249 e. The Morgan fingerprint density at radius 3 is 2.59 bits per heavy atom. The van der Waals surface area contributed by atoms with Crippen molar-refractivity contribution in [3.8, 4) is 5.75 Å². The molecule has 0 aliphatic heterocycles. The van der Waals surface area contributed by atoms with Crippen molar-refractivity contribution in [3.05, 3.63) is 53.1 Å². The number of aryl methyl sites for hydroxylation is 1. The largest absolute Gasteiger partial charge is 0.497 e. The molecule has 1 amide bonds. The molecule has 0 atom stereocenters. The zero-order valence-electron chi connectivity index (χ0n) is 14.7. The van der Waals surface area contributed by atoms with Gasteiger partial charge in [-0.3, -0.25) is 4.79 Å². The van der Waals surface area contributed by atoms with Crippen molar-refractivity contribution in [2.75, 3.05) is 12.9 Å². The molecule has 2 aromatic carbocycles. The molecule has 0 saturated carbocycles. The lowest BCUT2D eigenvalue weighted by Crippen LogP contribution is -2.15. The molecule has 27 heavy (non-hydrogen) atoms. The Balaban J connectivity index is 1.77. The van der Waals surface area contributed by atoms with Crippen LogP contribution in [0.2, 0.25) is 0 Å². The third-order valence-corrected chi connectivity index (χ3v) is 6.82. The van der Waals surface area contributed by atoms with Gasteiger partial charge < -0.3 is 9.30 Å². The van der Waals surface area contributed by atoms with E-state index in [1.54, 1.807) is 29.8 Å². The fourth-order valence-electron chi connectivity index (χ4n) is 2.50. The number of sulfone groups is 1. The Morgan fingerprint density at radius 1 is 1.22 bits per heavy atom. The highest BCUT2D eigenvalue weighted by Gasteiger charge is 2.16. The average Bonchev–Trinajstić information content (AvgIpc) is 2.95. The van der Waals surface area contributed by atoms with E-state index in [1.807, 2.05) is 0 Å². The van der Waals surface area contributed by atoms with Crippen molar-refractivity contribution in [2.45, 2.75) is 11.3 Å². The Kier molecular flexibility index (Phi) is 5.43. The number of hydrogen-bond donors (Lipinski definition) is 0. The average molecular weight is 408 g/mol. The van der Waals surface area contributed by atoms with Crippen molar-refractivity contribution in [1.29, 1.82) is 0 Å². The van der Waals surface area contributed by atoms with E-state index in [-0.39, 0.29) is 22.9 Å². The minimum Gasteiger partial charge on any atom is -0.497 e. The fourth-order valence-corrected chi connectivity index (χ4v) is 4.79. The molecule has 3 rings (SSSR count). The predicted octanol–water partition coefficient (Wildman–Crippen LogP) is 2.68. The van der Waals surface area contributed by atoms with Gasteiger partial charge in [-0.2, -0.15) is 4.99 Å². The minimum absolute atomic E-state index is 0.124. The van der Waals surface area contributed by atoms with Crippen LogP contribution in [0.15, 0.2) is 52.4 Å². The Labute approximate surface area is 159 Å². The van der Waals surface area contributed by atoms with Crippen LogP contribution in [0.25, 0.3) is 10.2 Å². The van der Waals surface area contributed by atoms with Crippen LogP contribution < -0.4 is 9.54 Å². The highest BCUT2D eigenvalue weighted by atomic mass is 32.2. The number of hydrogen-bond acceptors (Lipinski definition) is 5. The lowest BCUT2D eigenvalue weighted by Gasteiger charge is -2.04. The van der Waals surface area contributed by atoms with E-state index < -0.39 is 15.7 Å². The second-order valence-corrected chi connectivity index (χ2v) is 8.92. The molecule has 0 aliphatic rings. The normalized spacial score (nSPS) is 12.5. The van der Waals surface area contributed by atoms with E-state index in [0.29, 0.717) is 15.3 Å². The summed E-state index contributed by atoms with van der Waals surface area (Å²) in [6.07, 6.45) is -0.239. The molecular formula is C18H17FN2O4S2. The highest BCUT2D eigenvalue weighted by molar-refractivity contribution is 7.91. The molecule has 0 unspecified atom stereocenters. The van der Waals surface area contributed by atoms with Crippen LogP contribution in [-0.2, 0) is 21.7 Å². The molecule has 0 saturated heterocycles. The summed E-state index contributed by atoms with van der Waals surface area (Å²) in [5.74, 6) is -0.707. The number of amides is 1. The maximum atomic E-state index is 13.3. The summed E-state index contributed by atoms with van der Waals surface area (Å²) in [5.41, 5.74) is 0.749. The first-order chi connectivity index (χ1) is 12.8. The molecule has 1 aromatic heterocycles. The number of nitrogens with zero attached hydrogens (tertiary/aromatic N) is 2. The maximum absolute atomic E-state index is 13.3. The third-order valence-electron chi connectivity index (χ3n) is 3.99. The first-order valence-corrected chi connectivity index (χ1v) is 10.5. The summed E-state index contributed by atoms with van der Waals surface area (Å²) >= 11 is 1.17. The number of methoxy groups -OCH3 is 1. The summed E-state index contributed by atoms with van der Waals surface area (Å²) in [4.78, 5) is 16.7. The molecule has 1 heterocycles. The Bertz CT molecular complexity index is 1160. The molecular weight excluding hydrogens is 391 g/mol. The number of aromatic nitrogens is 1. The maximum Gasteiger partial charge on any atom is 0.249 e. The van der Waals surface area contributed by atoms with E-state index in [2.05, 4.69) is 4.99 Å². The van der Waals surface area contributed by atoms with Crippen LogP contribution in [0, 0.1) is 5.82 Å². The molecule has 0 radical (unpaired) electrons. The number of ether oxygens (including phenoxy) is 1. The standard InChI is InChI=1S/C18H17FN2O4S2/c1-21-15-8-3-12(19)11-16(15)26-18(21)20-17(22)9-10-27(23,24)14-6-4-13(25-2)5-7-14/h3-8,11H,9-10H2,1-2H3. The highest BCUT2D eigenvalue weighted by Crippen LogP contribution is 2.19. The molecule has 0 N–H and O–H groups in total. The number of thiazole rings is 1. The summed E-state index contributed by atoms with van der Waals surface area (Å²) in [7, 11) is -0.391. The molecule has 0 aliphatic carbocycles. The van der Waals surface area contributed by atoms with Crippen LogP contribution in [0.5, 0.6) is 5.75 Å². The van der Waals surface area contributed by atoms with Gasteiger partial charge in [0.05, 0.1) is 28.0 Å². The summed E-state index contributed by atoms with van der Waals surface area (Å²) in [6.45, 7) is 0. The first-order valence-electron chi connectivity index (χ1n) is 7.99. The summed E-state index contributed by atoms with van der Waals surface area (Å²) in [6, 6.07) is 10.3. The van der Waals surface area contributed by atoms with Crippen molar-refractivity contribution in [1.82, 2.24) is 4.57 Å². The van der Waals surface area contributed by atoms with Gasteiger partial charge in [0, 0.05) is 13.5 Å². The minimum atomic E-state index is -3.60. The Morgan fingerprint density at radius 2 is 1.93 bits per heavy atom. The third kappa shape index (κ3) is 4.25. The molecule has 0 spiro atoms. The molecule has 3 aromatic rings. The zero-order valence-corrected chi connectivity index (χ0v) is 16.3.